The van der Waals surface area contributed by atoms with Crippen molar-refractivity contribution in [2.75, 3.05) is 40.5 Å². The Kier molecular flexibility index (Phi) is 9.49. The second-order valence-corrected chi connectivity index (χ2v) is 5.10. The molecule has 0 aliphatic carbocycles. The van der Waals surface area contributed by atoms with E-state index >= 15 is 0 Å². The van der Waals surface area contributed by atoms with Crippen LogP contribution in [0, 0.1) is 0 Å². The number of nitrogens with zero attached hydrogens (tertiary/aromatic N) is 1. The fourth-order valence-electron chi connectivity index (χ4n) is 2.22. The van der Waals surface area contributed by atoms with E-state index in [-0.39, 0.29) is 5.97 Å². The normalized spacial score (nSPS) is 10.8. The highest BCUT2D eigenvalue weighted by Crippen LogP contribution is 2.06. The Morgan fingerprint density at radius 3 is 2.48 bits per heavy atom. The summed E-state index contributed by atoms with van der Waals surface area (Å²) >= 11 is 0. The van der Waals surface area contributed by atoms with Crippen molar-refractivity contribution in [2.45, 2.75) is 25.7 Å². The molecule has 0 unspecified atom stereocenters. The predicted molar refractivity (Wildman–Crippen MR) is 84.3 cm³/mol. The summed E-state index contributed by atoms with van der Waals surface area (Å²) in [5, 5.41) is 0. The summed E-state index contributed by atoms with van der Waals surface area (Å²) in [7, 11) is 3.13. The van der Waals surface area contributed by atoms with E-state index in [2.05, 4.69) is 29.2 Å². The Labute approximate surface area is 128 Å². The molecule has 0 saturated carbocycles. The molecule has 1 aromatic carbocycles. The molecule has 0 fully saturated rings. The Morgan fingerprint density at radius 2 is 1.81 bits per heavy atom. The summed E-state index contributed by atoms with van der Waals surface area (Å²) in [6, 6.07) is 10.5. The largest absolute Gasteiger partial charge is 0.469 e. The number of rotatable bonds is 11. The summed E-state index contributed by atoms with van der Waals surface area (Å²) in [4.78, 5) is 13.5. The monoisotopic (exact) mass is 293 g/mol. The molecule has 4 nitrogen and oxygen atoms in total. The maximum Gasteiger partial charge on any atom is 0.306 e. The van der Waals surface area contributed by atoms with Gasteiger partial charge in [0.15, 0.2) is 0 Å². The number of carbonyl (C=O) groups is 1. The zero-order valence-corrected chi connectivity index (χ0v) is 13.2. The molecular formula is C17H27NO3. The molecule has 21 heavy (non-hydrogen) atoms. The number of aryl methyl sites for hydroxylation is 1. The zero-order chi connectivity index (χ0) is 15.3. The van der Waals surface area contributed by atoms with Crippen LogP contribution in [0.15, 0.2) is 30.3 Å². The molecule has 0 aliphatic rings. The van der Waals surface area contributed by atoms with E-state index in [4.69, 9.17) is 9.47 Å². The number of hydrogen-bond donors (Lipinski definition) is 0. The van der Waals surface area contributed by atoms with Crippen LogP contribution in [0.1, 0.15) is 24.8 Å². The Bertz CT molecular complexity index is 381. The minimum absolute atomic E-state index is 0.151. The number of ether oxygens (including phenoxy) is 2. The van der Waals surface area contributed by atoms with Crippen molar-refractivity contribution in [3.63, 3.8) is 0 Å². The molecular weight excluding hydrogens is 266 g/mol. The Hall–Kier alpha value is -1.39. The first-order valence-electron chi connectivity index (χ1n) is 7.58. The summed E-state index contributed by atoms with van der Waals surface area (Å²) in [6.07, 6.45) is 3.83. The molecule has 0 aliphatic heterocycles. The van der Waals surface area contributed by atoms with Crippen LogP contribution < -0.4 is 0 Å². The third-order valence-electron chi connectivity index (χ3n) is 3.50. The molecule has 0 spiro atoms. The lowest BCUT2D eigenvalue weighted by molar-refractivity contribution is -0.141. The maximum atomic E-state index is 11.2. The molecule has 0 bridgehead atoms. The first-order chi connectivity index (χ1) is 10.3. The molecule has 118 valence electrons. The van der Waals surface area contributed by atoms with Gasteiger partial charge in [0, 0.05) is 20.2 Å². The third kappa shape index (κ3) is 8.48. The average molecular weight is 293 g/mol. The SMILES string of the molecule is COCCN(CCCCc1ccccc1)CCC(=O)OC. The van der Waals surface area contributed by atoms with E-state index < -0.39 is 0 Å². The number of hydrogen-bond acceptors (Lipinski definition) is 4. The van der Waals surface area contributed by atoms with Crippen LogP contribution in [0.3, 0.4) is 0 Å². The summed E-state index contributed by atoms with van der Waals surface area (Å²) in [5.74, 6) is -0.151. The quantitative estimate of drug-likeness (QED) is 0.464. The fourth-order valence-corrected chi connectivity index (χ4v) is 2.22. The molecule has 0 radical (unpaired) electrons. The van der Waals surface area contributed by atoms with E-state index in [9.17, 15) is 4.79 Å². The molecule has 0 N–H and O–H groups in total. The Balaban J connectivity index is 2.23. The minimum Gasteiger partial charge on any atom is -0.469 e. The lowest BCUT2D eigenvalue weighted by Gasteiger charge is -2.21. The van der Waals surface area contributed by atoms with Crippen LogP contribution >= 0.6 is 0 Å². The molecule has 0 saturated heterocycles. The molecule has 0 amide bonds. The van der Waals surface area contributed by atoms with Gasteiger partial charge in [-0.25, -0.2) is 0 Å². The second kappa shape index (κ2) is 11.3. The standard InChI is InChI=1S/C17H27NO3/c1-20-15-14-18(13-11-17(19)21-2)12-7-6-10-16-8-4-3-5-9-16/h3-5,8-9H,6-7,10-15H2,1-2H3. The lowest BCUT2D eigenvalue weighted by atomic mass is 10.1. The van der Waals surface area contributed by atoms with Gasteiger partial charge in [-0.15, -0.1) is 0 Å². The molecule has 0 heterocycles. The van der Waals surface area contributed by atoms with Gasteiger partial charge in [0.2, 0.25) is 0 Å². The van der Waals surface area contributed by atoms with Gasteiger partial charge in [-0.1, -0.05) is 30.3 Å². The van der Waals surface area contributed by atoms with Crippen LogP contribution in [-0.4, -0.2) is 51.3 Å². The lowest BCUT2D eigenvalue weighted by Crippen LogP contribution is -2.31. The highest BCUT2D eigenvalue weighted by atomic mass is 16.5. The van der Waals surface area contributed by atoms with Crippen molar-refractivity contribution < 1.29 is 14.3 Å². The smallest absolute Gasteiger partial charge is 0.306 e. The summed E-state index contributed by atoms with van der Waals surface area (Å²) in [6.45, 7) is 3.28. The van der Waals surface area contributed by atoms with Crippen molar-refractivity contribution >= 4 is 5.97 Å². The van der Waals surface area contributed by atoms with Crippen LogP contribution in [0.25, 0.3) is 0 Å². The first-order valence-corrected chi connectivity index (χ1v) is 7.58. The van der Waals surface area contributed by atoms with Gasteiger partial charge >= 0.3 is 5.97 Å². The van der Waals surface area contributed by atoms with Crippen LogP contribution in [-0.2, 0) is 20.7 Å². The van der Waals surface area contributed by atoms with E-state index in [1.54, 1.807) is 7.11 Å². The van der Waals surface area contributed by atoms with Gasteiger partial charge in [0.1, 0.15) is 0 Å². The van der Waals surface area contributed by atoms with Crippen molar-refractivity contribution in [1.82, 2.24) is 4.90 Å². The van der Waals surface area contributed by atoms with Crippen LogP contribution in [0.4, 0.5) is 0 Å². The van der Waals surface area contributed by atoms with Gasteiger partial charge in [0.25, 0.3) is 0 Å². The van der Waals surface area contributed by atoms with Crippen LogP contribution in [0.5, 0.6) is 0 Å². The minimum atomic E-state index is -0.151. The predicted octanol–water partition coefficient (Wildman–Crippen LogP) is 2.52. The number of carbonyl (C=O) groups excluding carboxylic acids is 1. The van der Waals surface area contributed by atoms with E-state index in [0.717, 1.165) is 38.9 Å². The number of unbranched alkanes of at least 4 members (excludes halogenated alkanes) is 1. The summed E-state index contributed by atoms with van der Waals surface area (Å²) < 4.78 is 9.81. The van der Waals surface area contributed by atoms with Gasteiger partial charge in [-0.2, -0.15) is 0 Å². The number of esters is 1. The Morgan fingerprint density at radius 1 is 1.05 bits per heavy atom. The number of benzene rings is 1. The van der Waals surface area contributed by atoms with E-state index in [1.165, 1.54) is 12.7 Å². The molecule has 1 rings (SSSR count). The highest BCUT2D eigenvalue weighted by Gasteiger charge is 2.08. The molecule has 0 atom stereocenters. The summed E-state index contributed by atoms with van der Waals surface area (Å²) in [5.41, 5.74) is 1.38. The third-order valence-corrected chi connectivity index (χ3v) is 3.50. The first kappa shape index (κ1) is 17.7. The van der Waals surface area contributed by atoms with Gasteiger partial charge in [-0.05, 0) is 31.4 Å². The van der Waals surface area contributed by atoms with Crippen molar-refractivity contribution in [3.05, 3.63) is 35.9 Å². The van der Waals surface area contributed by atoms with Crippen molar-refractivity contribution in [2.24, 2.45) is 0 Å². The topological polar surface area (TPSA) is 38.8 Å². The second-order valence-electron chi connectivity index (χ2n) is 5.10. The van der Waals surface area contributed by atoms with Gasteiger partial charge in [-0.3, -0.25) is 4.79 Å². The zero-order valence-electron chi connectivity index (χ0n) is 13.2. The van der Waals surface area contributed by atoms with Gasteiger partial charge in [0.05, 0.1) is 20.1 Å². The van der Waals surface area contributed by atoms with Crippen molar-refractivity contribution in [3.8, 4) is 0 Å². The fraction of sp³-hybridized carbons (Fsp3) is 0.588. The number of methoxy groups -OCH3 is 2. The molecule has 4 heteroatoms. The van der Waals surface area contributed by atoms with Crippen molar-refractivity contribution in [1.29, 1.82) is 0 Å². The van der Waals surface area contributed by atoms with Crippen LogP contribution in [0.2, 0.25) is 0 Å². The molecule has 0 aromatic heterocycles. The molecule has 1 aromatic rings. The highest BCUT2D eigenvalue weighted by molar-refractivity contribution is 5.69. The van der Waals surface area contributed by atoms with E-state index in [1.807, 2.05) is 6.07 Å². The average Bonchev–Trinajstić information content (AvgIpc) is 2.53. The maximum absolute atomic E-state index is 11.2. The van der Waals surface area contributed by atoms with E-state index in [0.29, 0.717) is 13.0 Å². The van der Waals surface area contributed by atoms with Gasteiger partial charge < -0.3 is 14.4 Å².